The fourth-order valence-electron chi connectivity index (χ4n) is 1.96. The Labute approximate surface area is 101 Å². The highest BCUT2D eigenvalue weighted by Gasteiger charge is 2.15. The van der Waals surface area contributed by atoms with Crippen LogP contribution < -0.4 is 5.73 Å². The number of ether oxygens (including phenoxy) is 1. The first kappa shape index (κ1) is 11.7. The van der Waals surface area contributed by atoms with E-state index in [0.29, 0.717) is 19.3 Å². The maximum absolute atomic E-state index is 5.88. The SMILES string of the molecule is NCC#Cc1ccsc1COC1CCCC1. The first-order valence-electron chi connectivity index (χ1n) is 5.77. The van der Waals surface area contributed by atoms with Crippen LogP contribution in [0.15, 0.2) is 11.4 Å². The second-order valence-corrected chi connectivity index (χ2v) is 4.98. The van der Waals surface area contributed by atoms with Crippen molar-refractivity contribution in [3.05, 3.63) is 21.9 Å². The molecule has 16 heavy (non-hydrogen) atoms. The second-order valence-electron chi connectivity index (χ2n) is 3.98. The minimum atomic E-state index is 0.415. The maximum Gasteiger partial charge on any atom is 0.0825 e. The molecule has 2 N–H and O–H groups in total. The average molecular weight is 235 g/mol. The van der Waals surface area contributed by atoms with Gasteiger partial charge >= 0.3 is 0 Å². The molecule has 0 atom stereocenters. The van der Waals surface area contributed by atoms with Gasteiger partial charge in [0, 0.05) is 10.4 Å². The van der Waals surface area contributed by atoms with Gasteiger partial charge in [0.1, 0.15) is 0 Å². The van der Waals surface area contributed by atoms with E-state index in [1.54, 1.807) is 11.3 Å². The quantitative estimate of drug-likeness (QED) is 0.817. The fraction of sp³-hybridized carbons (Fsp3) is 0.538. The van der Waals surface area contributed by atoms with E-state index in [2.05, 4.69) is 17.2 Å². The van der Waals surface area contributed by atoms with Gasteiger partial charge in [0.05, 0.1) is 19.3 Å². The Morgan fingerprint density at radius 2 is 2.25 bits per heavy atom. The molecule has 0 unspecified atom stereocenters. The van der Waals surface area contributed by atoms with Crippen LogP contribution >= 0.6 is 11.3 Å². The summed E-state index contributed by atoms with van der Waals surface area (Å²) in [7, 11) is 0. The lowest BCUT2D eigenvalue weighted by atomic mass is 10.2. The normalized spacial score (nSPS) is 16.1. The monoisotopic (exact) mass is 235 g/mol. The smallest absolute Gasteiger partial charge is 0.0825 e. The van der Waals surface area contributed by atoms with E-state index >= 15 is 0 Å². The zero-order chi connectivity index (χ0) is 11.2. The summed E-state index contributed by atoms with van der Waals surface area (Å²) in [6.45, 7) is 1.12. The summed E-state index contributed by atoms with van der Waals surface area (Å²) in [6, 6.07) is 2.04. The standard InChI is InChI=1S/C13H17NOS/c14-8-3-4-11-7-9-16-13(11)10-15-12-5-1-2-6-12/h7,9,12H,1-2,5-6,8,10,14H2. The van der Waals surface area contributed by atoms with E-state index in [1.165, 1.54) is 30.6 Å². The summed E-state index contributed by atoms with van der Waals surface area (Å²) in [5.41, 5.74) is 6.44. The molecule has 1 heterocycles. The van der Waals surface area contributed by atoms with Crippen LogP contribution in [0.2, 0.25) is 0 Å². The van der Waals surface area contributed by atoms with E-state index in [-0.39, 0.29) is 0 Å². The Morgan fingerprint density at radius 1 is 1.44 bits per heavy atom. The van der Waals surface area contributed by atoms with Crippen molar-refractivity contribution in [1.29, 1.82) is 0 Å². The van der Waals surface area contributed by atoms with Gasteiger partial charge in [-0.25, -0.2) is 0 Å². The Morgan fingerprint density at radius 3 is 3.00 bits per heavy atom. The molecule has 1 aromatic rings. The Balaban J connectivity index is 1.90. The maximum atomic E-state index is 5.88. The molecule has 86 valence electrons. The van der Waals surface area contributed by atoms with Crippen molar-refractivity contribution in [2.45, 2.75) is 38.4 Å². The van der Waals surface area contributed by atoms with Crippen molar-refractivity contribution in [2.24, 2.45) is 5.73 Å². The second kappa shape index (κ2) is 6.05. The number of nitrogens with two attached hydrogens (primary N) is 1. The Hall–Kier alpha value is -0.820. The zero-order valence-corrected chi connectivity index (χ0v) is 10.2. The third kappa shape index (κ3) is 3.08. The van der Waals surface area contributed by atoms with Crippen LogP contribution in [-0.2, 0) is 11.3 Å². The molecule has 1 aromatic heterocycles. The first-order valence-corrected chi connectivity index (χ1v) is 6.65. The molecule has 1 fully saturated rings. The molecule has 0 aliphatic heterocycles. The molecule has 0 bridgehead atoms. The van der Waals surface area contributed by atoms with Crippen molar-refractivity contribution < 1.29 is 4.74 Å². The summed E-state index contributed by atoms with van der Waals surface area (Å²) in [5.74, 6) is 5.97. The van der Waals surface area contributed by atoms with Gasteiger partial charge in [0.25, 0.3) is 0 Å². The van der Waals surface area contributed by atoms with Crippen molar-refractivity contribution in [3.63, 3.8) is 0 Å². The first-order chi connectivity index (χ1) is 7.90. The molecule has 0 amide bonds. The van der Waals surface area contributed by atoms with Gasteiger partial charge in [-0.3, -0.25) is 0 Å². The molecule has 0 spiro atoms. The van der Waals surface area contributed by atoms with Crippen LogP contribution in [-0.4, -0.2) is 12.6 Å². The highest BCUT2D eigenvalue weighted by atomic mass is 32.1. The van der Waals surface area contributed by atoms with Crippen molar-refractivity contribution in [1.82, 2.24) is 0 Å². The Bertz CT molecular complexity index is 382. The number of hydrogen-bond acceptors (Lipinski definition) is 3. The van der Waals surface area contributed by atoms with Crippen LogP contribution in [0.25, 0.3) is 0 Å². The topological polar surface area (TPSA) is 35.2 Å². The van der Waals surface area contributed by atoms with Gasteiger partial charge in [-0.1, -0.05) is 24.7 Å². The summed E-state index contributed by atoms with van der Waals surface area (Å²) in [4.78, 5) is 1.23. The van der Waals surface area contributed by atoms with E-state index < -0.39 is 0 Å². The molecule has 2 rings (SSSR count). The summed E-state index contributed by atoms with van der Waals surface area (Å²) in [5, 5.41) is 2.06. The number of rotatable bonds is 3. The highest BCUT2D eigenvalue weighted by Crippen LogP contribution is 2.24. The van der Waals surface area contributed by atoms with E-state index in [4.69, 9.17) is 10.5 Å². The average Bonchev–Trinajstić information content (AvgIpc) is 2.94. The molecule has 1 saturated carbocycles. The summed E-state index contributed by atoms with van der Waals surface area (Å²) < 4.78 is 5.88. The minimum absolute atomic E-state index is 0.415. The molecule has 1 aliphatic rings. The van der Waals surface area contributed by atoms with Crippen molar-refractivity contribution >= 4 is 11.3 Å². The lowest BCUT2D eigenvalue weighted by molar-refractivity contribution is 0.0472. The predicted octanol–water partition coefficient (Wildman–Crippen LogP) is 2.52. The molecular weight excluding hydrogens is 218 g/mol. The minimum Gasteiger partial charge on any atom is -0.373 e. The Kier molecular flexibility index (Phi) is 4.41. The van der Waals surface area contributed by atoms with Gasteiger partial charge in [-0.05, 0) is 24.3 Å². The lowest BCUT2D eigenvalue weighted by Crippen LogP contribution is -2.06. The van der Waals surface area contributed by atoms with Gasteiger partial charge in [0.2, 0.25) is 0 Å². The van der Waals surface area contributed by atoms with Crippen LogP contribution in [0.5, 0.6) is 0 Å². The van der Waals surface area contributed by atoms with Crippen LogP contribution in [0.3, 0.4) is 0 Å². The largest absolute Gasteiger partial charge is 0.373 e. The van der Waals surface area contributed by atoms with Gasteiger partial charge in [-0.15, -0.1) is 11.3 Å². The summed E-state index contributed by atoms with van der Waals surface area (Å²) >= 11 is 1.72. The summed E-state index contributed by atoms with van der Waals surface area (Å²) in [6.07, 6.45) is 5.53. The molecular formula is C13H17NOS. The lowest BCUT2D eigenvalue weighted by Gasteiger charge is -2.09. The molecule has 0 radical (unpaired) electrons. The number of thiophene rings is 1. The fourth-order valence-corrected chi connectivity index (χ4v) is 2.71. The molecule has 0 saturated heterocycles. The van der Waals surface area contributed by atoms with E-state index in [0.717, 1.165) is 5.56 Å². The molecule has 1 aliphatic carbocycles. The molecule has 0 aromatic carbocycles. The van der Waals surface area contributed by atoms with Gasteiger partial charge in [0.15, 0.2) is 0 Å². The third-order valence-corrected chi connectivity index (χ3v) is 3.72. The molecule has 2 nitrogen and oxygen atoms in total. The van der Waals surface area contributed by atoms with Gasteiger partial charge < -0.3 is 10.5 Å². The van der Waals surface area contributed by atoms with Gasteiger partial charge in [-0.2, -0.15) is 0 Å². The predicted molar refractivity (Wildman–Crippen MR) is 67.3 cm³/mol. The van der Waals surface area contributed by atoms with E-state index in [1.807, 2.05) is 6.07 Å². The van der Waals surface area contributed by atoms with Crippen LogP contribution in [0, 0.1) is 11.8 Å². The third-order valence-electron chi connectivity index (χ3n) is 2.82. The van der Waals surface area contributed by atoms with Crippen molar-refractivity contribution in [2.75, 3.05) is 6.54 Å². The van der Waals surface area contributed by atoms with Crippen LogP contribution in [0.4, 0.5) is 0 Å². The number of hydrogen-bond donors (Lipinski definition) is 1. The van der Waals surface area contributed by atoms with Crippen LogP contribution in [0.1, 0.15) is 36.1 Å². The van der Waals surface area contributed by atoms with Crippen molar-refractivity contribution in [3.8, 4) is 11.8 Å². The zero-order valence-electron chi connectivity index (χ0n) is 9.37. The van der Waals surface area contributed by atoms with E-state index in [9.17, 15) is 0 Å². The molecule has 3 heteroatoms. The highest BCUT2D eigenvalue weighted by molar-refractivity contribution is 7.10.